The van der Waals surface area contributed by atoms with Gasteiger partial charge in [0.15, 0.2) is 5.82 Å². The van der Waals surface area contributed by atoms with E-state index in [4.69, 9.17) is 10.8 Å². The largest absolute Gasteiger partial charge is 0.481 e. The van der Waals surface area contributed by atoms with E-state index < -0.39 is 11.9 Å². The molecule has 0 aliphatic heterocycles. The van der Waals surface area contributed by atoms with E-state index >= 15 is 0 Å². The molecule has 0 aliphatic carbocycles. The Bertz CT molecular complexity index is 464. The van der Waals surface area contributed by atoms with Gasteiger partial charge in [-0.2, -0.15) is 4.98 Å². The van der Waals surface area contributed by atoms with Gasteiger partial charge in [-0.3, -0.25) is 4.79 Å². The van der Waals surface area contributed by atoms with Crippen LogP contribution in [0.25, 0.3) is 0 Å². The third kappa shape index (κ3) is 4.91. The molecule has 1 rings (SSSR count). The SMILES string of the molecule is CC(C)Nc1ncc(N)c(N[C@@H](C)CC(C)C(=O)O)n1. The summed E-state index contributed by atoms with van der Waals surface area (Å²) in [4.78, 5) is 19.2. The zero-order chi connectivity index (χ0) is 15.3. The molecule has 1 aromatic heterocycles. The average Bonchev–Trinajstić information content (AvgIpc) is 2.32. The summed E-state index contributed by atoms with van der Waals surface area (Å²) >= 11 is 0. The molecule has 0 bridgehead atoms. The number of carboxylic acids is 1. The fourth-order valence-electron chi connectivity index (χ4n) is 1.76. The molecule has 7 nitrogen and oxygen atoms in total. The summed E-state index contributed by atoms with van der Waals surface area (Å²) in [5.74, 6) is -0.214. The Labute approximate surface area is 119 Å². The lowest BCUT2D eigenvalue weighted by Gasteiger charge is -2.18. The summed E-state index contributed by atoms with van der Waals surface area (Å²) in [6.07, 6.45) is 2.03. The van der Waals surface area contributed by atoms with E-state index in [1.165, 1.54) is 6.20 Å². The third-order valence-corrected chi connectivity index (χ3v) is 2.75. The summed E-state index contributed by atoms with van der Waals surface area (Å²) in [7, 11) is 0. The first kappa shape index (κ1) is 16.0. The zero-order valence-electron chi connectivity index (χ0n) is 12.3. The number of anilines is 3. The van der Waals surface area contributed by atoms with Crippen molar-refractivity contribution in [2.45, 2.75) is 46.2 Å². The molecule has 20 heavy (non-hydrogen) atoms. The number of nitrogen functional groups attached to an aromatic ring is 1. The molecule has 0 aliphatic rings. The van der Waals surface area contributed by atoms with E-state index in [0.717, 1.165) is 0 Å². The number of carbonyl (C=O) groups is 1. The summed E-state index contributed by atoms with van der Waals surface area (Å²) in [6.45, 7) is 7.56. The summed E-state index contributed by atoms with van der Waals surface area (Å²) < 4.78 is 0. The van der Waals surface area contributed by atoms with Crippen LogP contribution in [0.3, 0.4) is 0 Å². The normalized spacial score (nSPS) is 13.8. The van der Waals surface area contributed by atoms with Crippen LogP contribution in [0.1, 0.15) is 34.1 Å². The highest BCUT2D eigenvalue weighted by Gasteiger charge is 2.16. The van der Waals surface area contributed by atoms with Crippen LogP contribution in [0.2, 0.25) is 0 Å². The molecule has 0 spiro atoms. The minimum atomic E-state index is -0.809. The number of aromatic nitrogens is 2. The first-order valence-electron chi connectivity index (χ1n) is 6.68. The van der Waals surface area contributed by atoms with Gasteiger partial charge in [0, 0.05) is 12.1 Å². The highest BCUT2D eigenvalue weighted by Crippen LogP contribution is 2.19. The van der Waals surface area contributed by atoms with Crippen molar-refractivity contribution in [3.8, 4) is 0 Å². The van der Waals surface area contributed by atoms with Crippen molar-refractivity contribution in [3.05, 3.63) is 6.20 Å². The monoisotopic (exact) mass is 281 g/mol. The molecule has 1 heterocycles. The van der Waals surface area contributed by atoms with Gasteiger partial charge >= 0.3 is 5.97 Å². The van der Waals surface area contributed by atoms with Crippen LogP contribution in [0.4, 0.5) is 17.5 Å². The molecular weight excluding hydrogens is 258 g/mol. The number of hydrogen-bond acceptors (Lipinski definition) is 6. The molecule has 7 heteroatoms. The molecular formula is C13H23N5O2. The molecule has 2 atom stereocenters. The van der Waals surface area contributed by atoms with Gasteiger partial charge in [0.1, 0.15) is 0 Å². The van der Waals surface area contributed by atoms with E-state index in [2.05, 4.69) is 20.6 Å². The molecule has 0 saturated heterocycles. The summed E-state index contributed by atoms with van der Waals surface area (Å²) in [5, 5.41) is 15.1. The topological polar surface area (TPSA) is 113 Å². The summed E-state index contributed by atoms with van der Waals surface area (Å²) in [6, 6.07) is 0.168. The number of carboxylic acid groups (broad SMARTS) is 1. The number of rotatable bonds is 7. The van der Waals surface area contributed by atoms with Crippen LogP contribution in [0, 0.1) is 5.92 Å². The Balaban J connectivity index is 2.73. The van der Waals surface area contributed by atoms with Gasteiger partial charge in [-0.25, -0.2) is 4.98 Å². The number of nitrogens with zero attached hydrogens (tertiary/aromatic N) is 2. The average molecular weight is 281 g/mol. The minimum Gasteiger partial charge on any atom is -0.481 e. The zero-order valence-corrected chi connectivity index (χ0v) is 12.3. The van der Waals surface area contributed by atoms with Crippen LogP contribution >= 0.6 is 0 Å². The smallest absolute Gasteiger partial charge is 0.306 e. The lowest BCUT2D eigenvalue weighted by molar-refractivity contribution is -0.141. The van der Waals surface area contributed by atoms with Crippen LogP contribution in [-0.2, 0) is 4.79 Å². The second-order valence-corrected chi connectivity index (χ2v) is 5.32. The Morgan fingerprint density at radius 3 is 2.55 bits per heavy atom. The maximum Gasteiger partial charge on any atom is 0.306 e. The first-order chi connectivity index (χ1) is 9.29. The fourth-order valence-corrected chi connectivity index (χ4v) is 1.76. The number of nitrogens with two attached hydrogens (primary N) is 1. The van der Waals surface area contributed by atoms with Gasteiger partial charge in [-0.1, -0.05) is 6.92 Å². The Morgan fingerprint density at radius 2 is 2.00 bits per heavy atom. The minimum absolute atomic E-state index is 0.0507. The van der Waals surface area contributed by atoms with Crippen LogP contribution < -0.4 is 16.4 Å². The Hall–Kier alpha value is -2.05. The van der Waals surface area contributed by atoms with Crippen LogP contribution in [0.5, 0.6) is 0 Å². The van der Waals surface area contributed by atoms with E-state index in [9.17, 15) is 4.79 Å². The molecule has 1 aromatic rings. The summed E-state index contributed by atoms with van der Waals surface area (Å²) in [5.41, 5.74) is 6.27. The molecule has 112 valence electrons. The van der Waals surface area contributed by atoms with Crippen LogP contribution in [-0.4, -0.2) is 33.1 Å². The maximum atomic E-state index is 10.8. The molecule has 0 saturated carbocycles. The van der Waals surface area contributed by atoms with E-state index in [1.807, 2.05) is 20.8 Å². The highest BCUT2D eigenvalue weighted by molar-refractivity contribution is 5.69. The molecule has 1 unspecified atom stereocenters. The predicted octanol–water partition coefficient (Wildman–Crippen LogP) is 1.79. The van der Waals surface area contributed by atoms with Gasteiger partial charge < -0.3 is 21.5 Å². The second-order valence-electron chi connectivity index (χ2n) is 5.32. The fraction of sp³-hybridized carbons (Fsp3) is 0.615. The van der Waals surface area contributed by atoms with Gasteiger partial charge in [0.2, 0.25) is 5.95 Å². The first-order valence-corrected chi connectivity index (χ1v) is 6.68. The Kier molecular flexibility index (Phi) is 5.54. The number of aliphatic carboxylic acids is 1. The lowest BCUT2D eigenvalue weighted by atomic mass is 10.0. The predicted molar refractivity (Wildman–Crippen MR) is 79.7 cm³/mol. The van der Waals surface area contributed by atoms with Crippen molar-refractivity contribution >= 4 is 23.4 Å². The van der Waals surface area contributed by atoms with Crippen molar-refractivity contribution in [1.82, 2.24) is 9.97 Å². The van der Waals surface area contributed by atoms with Crippen molar-refractivity contribution in [2.75, 3.05) is 16.4 Å². The van der Waals surface area contributed by atoms with Crippen molar-refractivity contribution in [1.29, 1.82) is 0 Å². The van der Waals surface area contributed by atoms with Crippen molar-refractivity contribution in [2.24, 2.45) is 5.92 Å². The number of nitrogens with one attached hydrogen (secondary N) is 2. The second kappa shape index (κ2) is 6.93. The molecule has 0 amide bonds. The van der Waals surface area contributed by atoms with E-state index in [-0.39, 0.29) is 12.1 Å². The third-order valence-electron chi connectivity index (χ3n) is 2.75. The number of hydrogen-bond donors (Lipinski definition) is 4. The van der Waals surface area contributed by atoms with Crippen molar-refractivity contribution < 1.29 is 9.90 Å². The highest BCUT2D eigenvalue weighted by atomic mass is 16.4. The molecule has 5 N–H and O–H groups in total. The van der Waals surface area contributed by atoms with Crippen LogP contribution in [0.15, 0.2) is 6.20 Å². The maximum absolute atomic E-state index is 10.8. The van der Waals surface area contributed by atoms with E-state index in [0.29, 0.717) is 23.9 Å². The van der Waals surface area contributed by atoms with Gasteiger partial charge in [0.25, 0.3) is 0 Å². The van der Waals surface area contributed by atoms with E-state index in [1.54, 1.807) is 6.92 Å². The molecule has 0 radical (unpaired) electrons. The van der Waals surface area contributed by atoms with Gasteiger partial charge in [-0.05, 0) is 27.2 Å². The Morgan fingerprint density at radius 1 is 1.35 bits per heavy atom. The molecule has 0 fully saturated rings. The van der Waals surface area contributed by atoms with Gasteiger partial charge in [-0.15, -0.1) is 0 Å². The standard InChI is InChI=1S/C13H23N5O2/c1-7(2)16-13-15-6-10(14)11(18-13)17-9(4)5-8(3)12(19)20/h6-9H,5,14H2,1-4H3,(H,19,20)(H2,15,16,17,18)/t8?,9-/m0/s1. The van der Waals surface area contributed by atoms with Gasteiger partial charge in [0.05, 0.1) is 17.8 Å². The lowest BCUT2D eigenvalue weighted by Crippen LogP contribution is -2.24. The van der Waals surface area contributed by atoms with Crippen molar-refractivity contribution in [3.63, 3.8) is 0 Å². The quantitative estimate of drug-likeness (QED) is 0.602. The molecule has 0 aromatic carbocycles.